The van der Waals surface area contributed by atoms with Gasteiger partial charge in [0, 0.05) is 5.56 Å². The van der Waals surface area contributed by atoms with Crippen molar-refractivity contribution < 1.29 is 14.7 Å². The van der Waals surface area contributed by atoms with Gasteiger partial charge in [-0.2, -0.15) is 0 Å². The molecule has 1 aromatic carbocycles. The number of hydrogen-bond acceptors (Lipinski definition) is 3. The van der Waals surface area contributed by atoms with E-state index >= 15 is 0 Å². The highest BCUT2D eigenvalue weighted by atomic mass is 35.5. The van der Waals surface area contributed by atoms with Crippen LogP contribution in [-0.4, -0.2) is 23.0 Å². The third kappa shape index (κ3) is 4.44. The average Bonchev–Trinajstić information content (AvgIpc) is 2.35. The van der Waals surface area contributed by atoms with Crippen molar-refractivity contribution >= 4 is 29.2 Å². The van der Waals surface area contributed by atoms with Crippen molar-refractivity contribution in [3.05, 3.63) is 28.8 Å². The van der Waals surface area contributed by atoms with Crippen LogP contribution in [0.15, 0.2) is 18.2 Å². The summed E-state index contributed by atoms with van der Waals surface area (Å²) in [7, 11) is 0. The molecule has 0 aromatic heterocycles. The third-order valence-corrected chi connectivity index (χ3v) is 3.04. The number of nitrogens with two attached hydrogens (primary N) is 1. The Morgan fingerprint density at radius 2 is 2.16 bits per heavy atom. The van der Waals surface area contributed by atoms with Crippen LogP contribution in [0.2, 0.25) is 5.02 Å². The zero-order valence-electron chi connectivity index (χ0n) is 10.6. The van der Waals surface area contributed by atoms with E-state index in [1.165, 1.54) is 12.1 Å². The minimum Gasteiger partial charge on any atom is -0.480 e. The zero-order valence-corrected chi connectivity index (χ0v) is 11.4. The highest BCUT2D eigenvalue weighted by Gasteiger charge is 2.17. The number of benzene rings is 1. The van der Waals surface area contributed by atoms with Gasteiger partial charge in [-0.1, -0.05) is 31.4 Å². The first-order chi connectivity index (χ1) is 8.95. The Hall–Kier alpha value is -1.75. The second-order valence-electron chi connectivity index (χ2n) is 4.24. The molecule has 0 heterocycles. The number of halogens is 1. The van der Waals surface area contributed by atoms with Crippen LogP contribution in [0.5, 0.6) is 0 Å². The summed E-state index contributed by atoms with van der Waals surface area (Å²) in [4.78, 5) is 22.1. The number of nitrogens with one attached hydrogen (secondary N) is 1. The summed E-state index contributed by atoms with van der Waals surface area (Å²) in [5, 5.41) is 12.3. The molecule has 5 nitrogen and oxygen atoms in total. The summed E-state index contributed by atoms with van der Waals surface area (Å²) in [6.45, 7) is 1.99. The molecule has 0 saturated carbocycles. The van der Waals surface area contributed by atoms with Gasteiger partial charge < -0.3 is 16.2 Å². The molecule has 104 valence electrons. The lowest BCUT2D eigenvalue weighted by Gasteiger charge is -2.16. The van der Waals surface area contributed by atoms with Crippen molar-refractivity contribution in [2.24, 2.45) is 5.73 Å². The molecule has 0 aliphatic carbocycles. The number of rotatable bonds is 7. The number of aliphatic carboxylic acids is 1. The van der Waals surface area contributed by atoms with Gasteiger partial charge in [0.1, 0.15) is 6.04 Å². The standard InChI is InChI=1S/C13H17ClN2O3/c1-2-3-4-11(13(18)19)16-10-6-5-8(12(15)17)7-9(10)14/h5-7,11,16H,2-4H2,1H3,(H2,15,17)(H,18,19). The van der Waals surface area contributed by atoms with Crippen molar-refractivity contribution in [2.45, 2.75) is 32.2 Å². The van der Waals surface area contributed by atoms with Crippen molar-refractivity contribution in [2.75, 3.05) is 5.32 Å². The van der Waals surface area contributed by atoms with Gasteiger partial charge in [-0.3, -0.25) is 4.79 Å². The fourth-order valence-electron chi connectivity index (χ4n) is 1.64. The number of carbonyl (C=O) groups excluding carboxylic acids is 1. The molecule has 6 heteroatoms. The molecular formula is C13H17ClN2O3. The van der Waals surface area contributed by atoms with Crippen molar-refractivity contribution in [3.8, 4) is 0 Å². The maximum absolute atomic E-state index is 11.1. The van der Waals surface area contributed by atoms with Gasteiger partial charge >= 0.3 is 5.97 Å². The van der Waals surface area contributed by atoms with E-state index in [2.05, 4.69) is 5.32 Å². The number of carbonyl (C=O) groups is 2. The molecule has 19 heavy (non-hydrogen) atoms. The molecule has 1 unspecified atom stereocenters. The molecular weight excluding hydrogens is 268 g/mol. The maximum atomic E-state index is 11.1. The lowest BCUT2D eigenvalue weighted by atomic mass is 10.1. The maximum Gasteiger partial charge on any atom is 0.326 e. The van der Waals surface area contributed by atoms with Crippen LogP contribution in [0.25, 0.3) is 0 Å². The topological polar surface area (TPSA) is 92.4 Å². The molecule has 0 saturated heterocycles. The Morgan fingerprint density at radius 3 is 2.63 bits per heavy atom. The summed E-state index contributed by atoms with van der Waals surface area (Å²) in [6, 6.07) is 3.79. The highest BCUT2D eigenvalue weighted by Crippen LogP contribution is 2.24. The first-order valence-corrected chi connectivity index (χ1v) is 6.42. The summed E-state index contributed by atoms with van der Waals surface area (Å²) >= 11 is 5.99. The Balaban J connectivity index is 2.84. The second kappa shape index (κ2) is 6.99. The van der Waals surface area contributed by atoms with Crippen LogP contribution in [0.4, 0.5) is 5.69 Å². The van der Waals surface area contributed by atoms with Gasteiger partial charge in [0.2, 0.25) is 5.91 Å². The van der Waals surface area contributed by atoms with Gasteiger partial charge in [0.15, 0.2) is 0 Å². The average molecular weight is 285 g/mol. The minimum atomic E-state index is -0.927. The summed E-state index contributed by atoms with van der Waals surface area (Å²) in [5.74, 6) is -1.50. The van der Waals surface area contributed by atoms with Gasteiger partial charge in [-0.05, 0) is 24.6 Å². The Bertz CT molecular complexity index is 477. The van der Waals surface area contributed by atoms with E-state index in [0.29, 0.717) is 12.1 Å². The van der Waals surface area contributed by atoms with Crippen LogP contribution >= 0.6 is 11.6 Å². The Morgan fingerprint density at radius 1 is 1.47 bits per heavy atom. The number of carboxylic acid groups (broad SMARTS) is 1. The minimum absolute atomic E-state index is 0.277. The number of unbranched alkanes of at least 4 members (excludes halogenated alkanes) is 1. The predicted octanol–water partition coefficient (Wildman–Crippen LogP) is 2.49. The molecule has 1 aromatic rings. The summed E-state index contributed by atoms with van der Waals surface area (Å²) in [5.41, 5.74) is 5.91. The smallest absolute Gasteiger partial charge is 0.326 e. The Kier molecular flexibility index (Phi) is 5.63. The molecule has 1 rings (SSSR count). The molecule has 0 fully saturated rings. The van der Waals surface area contributed by atoms with Gasteiger partial charge in [0.25, 0.3) is 0 Å². The number of primary amides is 1. The second-order valence-corrected chi connectivity index (χ2v) is 4.64. The quantitative estimate of drug-likeness (QED) is 0.717. The highest BCUT2D eigenvalue weighted by molar-refractivity contribution is 6.33. The monoisotopic (exact) mass is 284 g/mol. The van der Waals surface area contributed by atoms with Gasteiger partial charge in [-0.15, -0.1) is 0 Å². The molecule has 0 spiro atoms. The van der Waals surface area contributed by atoms with Crippen molar-refractivity contribution in [1.82, 2.24) is 0 Å². The molecule has 1 atom stereocenters. The van der Waals surface area contributed by atoms with Crippen LogP contribution < -0.4 is 11.1 Å². The zero-order chi connectivity index (χ0) is 14.4. The SMILES string of the molecule is CCCCC(Nc1ccc(C(N)=O)cc1Cl)C(=O)O. The normalized spacial score (nSPS) is 11.9. The number of carboxylic acids is 1. The van der Waals surface area contributed by atoms with Crippen LogP contribution in [0.1, 0.15) is 36.5 Å². The lowest BCUT2D eigenvalue weighted by Crippen LogP contribution is -2.29. The fraction of sp³-hybridized carbons (Fsp3) is 0.385. The van der Waals surface area contributed by atoms with Crippen molar-refractivity contribution in [1.29, 1.82) is 0 Å². The largest absolute Gasteiger partial charge is 0.480 e. The van der Waals surface area contributed by atoms with Crippen molar-refractivity contribution in [3.63, 3.8) is 0 Å². The number of hydrogen-bond donors (Lipinski definition) is 3. The first-order valence-electron chi connectivity index (χ1n) is 6.04. The van der Waals surface area contributed by atoms with Crippen LogP contribution in [-0.2, 0) is 4.79 Å². The van der Waals surface area contributed by atoms with E-state index in [-0.39, 0.29) is 10.6 Å². The first kappa shape index (κ1) is 15.3. The predicted molar refractivity (Wildman–Crippen MR) is 74.5 cm³/mol. The van der Waals surface area contributed by atoms with Gasteiger partial charge in [-0.25, -0.2) is 4.79 Å². The molecule has 0 radical (unpaired) electrons. The van der Waals surface area contributed by atoms with E-state index in [1.54, 1.807) is 6.07 Å². The van der Waals surface area contributed by atoms with E-state index in [0.717, 1.165) is 12.8 Å². The van der Waals surface area contributed by atoms with Crippen LogP contribution in [0.3, 0.4) is 0 Å². The summed E-state index contributed by atoms with van der Waals surface area (Å²) in [6.07, 6.45) is 2.24. The molecule has 0 aliphatic rings. The Labute approximate surface area is 116 Å². The van der Waals surface area contributed by atoms with E-state index in [9.17, 15) is 9.59 Å². The number of amides is 1. The van der Waals surface area contributed by atoms with E-state index in [4.69, 9.17) is 22.4 Å². The lowest BCUT2D eigenvalue weighted by molar-refractivity contribution is -0.138. The summed E-state index contributed by atoms with van der Waals surface area (Å²) < 4.78 is 0. The third-order valence-electron chi connectivity index (χ3n) is 2.73. The number of anilines is 1. The molecule has 0 bridgehead atoms. The molecule has 0 aliphatic heterocycles. The molecule has 1 amide bonds. The van der Waals surface area contributed by atoms with E-state index in [1.807, 2.05) is 6.92 Å². The fourth-order valence-corrected chi connectivity index (χ4v) is 1.87. The van der Waals surface area contributed by atoms with Crippen LogP contribution in [0, 0.1) is 0 Å². The van der Waals surface area contributed by atoms with Gasteiger partial charge in [0.05, 0.1) is 10.7 Å². The molecule has 4 N–H and O–H groups in total. The van der Waals surface area contributed by atoms with E-state index < -0.39 is 17.9 Å².